The number of alkyl halides is 3. The molecule has 3 aromatic rings. The van der Waals surface area contributed by atoms with Crippen molar-refractivity contribution < 1.29 is 18.3 Å². The third-order valence-electron chi connectivity index (χ3n) is 5.99. The average Bonchev–Trinajstić information content (AvgIpc) is 3.27. The molecule has 174 valence electrons. The molecule has 3 heterocycles. The molecule has 2 atom stereocenters. The van der Waals surface area contributed by atoms with E-state index in [1.807, 2.05) is 36.1 Å². The van der Waals surface area contributed by atoms with E-state index in [9.17, 15) is 18.3 Å². The van der Waals surface area contributed by atoms with Crippen molar-refractivity contribution in [3.8, 4) is 5.69 Å². The summed E-state index contributed by atoms with van der Waals surface area (Å²) in [6, 6.07) is 12.6. The van der Waals surface area contributed by atoms with Crippen molar-refractivity contribution in [3.63, 3.8) is 0 Å². The van der Waals surface area contributed by atoms with Crippen LogP contribution in [0.4, 0.5) is 13.2 Å². The van der Waals surface area contributed by atoms with Gasteiger partial charge < -0.3 is 19.9 Å². The second-order valence-corrected chi connectivity index (χ2v) is 8.46. The molecule has 1 saturated heterocycles. The highest BCUT2D eigenvalue weighted by molar-refractivity contribution is 7.80. The molecular weight excluding hydrogens is 449 g/mol. The lowest BCUT2D eigenvalue weighted by molar-refractivity contribution is -0.137. The number of nitrogens with zero attached hydrogens (tertiary/aromatic N) is 3. The van der Waals surface area contributed by atoms with E-state index in [0.717, 1.165) is 17.3 Å². The summed E-state index contributed by atoms with van der Waals surface area (Å²) in [4.78, 5) is 6.49. The molecule has 1 aliphatic rings. The molecule has 0 bridgehead atoms. The number of aryl methyl sites for hydroxylation is 1. The molecule has 33 heavy (non-hydrogen) atoms. The fourth-order valence-corrected chi connectivity index (χ4v) is 4.92. The molecule has 0 unspecified atom stereocenters. The van der Waals surface area contributed by atoms with Crippen LogP contribution in [0.15, 0.2) is 54.7 Å². The second kappa shape index (κ2) is 9.15. The Morgan fingerprint density at radius 3 is 2.52 bits per heavy atom. The molecule has 0 amide bonds. The Hall–Kier alpha value is -2.91. The van der Waals surface area contributed by atoms with Gasteiger partial charge in [0.05, 0.1) is 29.0 Å². The summed E-state index contributed by atoms with van der Waals surface area (Å²) < 4.78 is 42.9. The van der Waals surface area contributed by atoms with Gasteiger partial charge in [0.15, 0.2) is 5.11 Å². The van der Waals surface area contributed by atoms with Crippen LogP contribution in [0.5, 0.6) is 0 Å². The highest BCUT2D eigenvalue weighted by Crippen LogP contribution is 2.42. The molecule has 0 saturated carbocycles. The number of hydrogen-bond acceptors (Lipinski definition) is 3. The molecule has 1 aliphatic heterocycles. The predicted octanol–water partition coefficient (Wildman–Crippen LogP) is 4.86. The van der Waals surface area contributed by atoms with Crippen LogP contribution in [0.1, 0.15) is 46.7 Å². The standard InChI is InChI=1S/C24H25F3N4OS/c1-15-14-17(16(2)31(15)20-10-4-3-8-18(20)24(25,26)27)22-21(19-9-5-6-11-28-19)29-23(33)30(22)12-7-13-32/h3-6,8-11,14,21-22,32H,7,12-13H2,1-2H3,(H,29,33)/t21-,22-/m0/s1. The second-order valence-electron chi connectivity index (χ2n) is 8.07. The molecule has 0 radical (unpaired) electrons. The number of rotatable bonds is 6. The largest absolute Gasteiger partial charge is 0.418 e. The van der Waals surface area contributed by atoms with E-state index in [1.165, 1.54) is 12.1 Å². The Labute approximate surface area is 195 Å². The zero-order valence-electron chi connectivity index (χ0n) is 18.3. The first-order valence-electron chi connectivity index (χ1n) is 10.7. The van der Waals surface area contributed by atoms with Crippen molar-refractivity contribution in [1.82, 2.24) is 19.8 Å². The number of halogens is 3. The van der Waals surface area contributed by atoms with Gasteiger partial charge in [0.2, 0.25) is 0 Å². The minimum atomic E-state index is -4.47. The van der Waals surface area contributed by atoms with Crippen LogP contribution in [0, 0.1) is 13.8 Å². The van der Waals surface area contributed by atoms with Crippen LogP contribution in [-0.2, 0) is 6.18 Å². The topological polar surface area (TPSA) is 53.3 Å². The van der Waals surface area contributed by atoms with E-state index in [1.54, 1.807) is 23.8 Å². The zero-order chi connectivity index (χ0) is 23.8. The van der Waals surface area contributed by atoms with Crippen molar-refractivity contribution in [2.24, 2.45) is 0 Å². The highest BCUT2D eigenvalue weighted by Gasteiger charge is 2.41. The number of benzene rings is 1. The molecule has 2 N–H and O–H groups in total. The number of pyridine rings is 1. The lowest BCUT2D eigenvalue weighted by Crippen LogP contribution is -2.31. The molecule has 9 heteroatoms. The van der Waals surface area contributed by atoms with Gasteiger partial charge in [-0.1, -0.05) is 18.2 Å². The maximum absolute atomic E-state index is 13.8. The summed E-state index contributed by atoms with van der Waals surface area (Å²) in [5.74, 6) is 0. The van der Waals surface area contributed by atoms with Crippen molar-refractivity contribution in [1.29, 1.82) is 0 Å². The quantitative estimate of drug-likeness (QED) is 0.500. The summed E-state index contributed by atoms with van der Waals surface area (Å²) in [5, 5.41) is 13.3. The van der Waals surface area contributed by atoms with Crippen molar-refractivity contribution in [2.45, 2.75) is 38.5 Å². The van der Waals surface area contributed by atoms with E-state index in [0.29, 0.717) is 29.5 Å². The van der Waals surface area contributed by atoms with Crippen molar-refractivity contribution in [3.05, 3.63) is 82.9 Å². The summed E-state index contributed by atoms with van der Waals surface area (Å²) in [7, 11) is 0. The minimum Gasteiger partial charge on any atom is -0.396 e. The van der Waals surface area contributed by atoms with E-state index in [2.05, 4.69) is 10.3 Å². The zero-order valence-corrected chi connectivity index (χ0v) is 19.1. The molecular formula is C24H25F3N4OS. The molecule has 1 aromatic carbocycles. The third kappa shape index (κ3) is 4.35. The summed E-state index contributed by atoms with van der Waals surface area (Å²) in [6.07, 6.45) is -2.25. The molecule has 1 fully saturated rings. The Bertz CT molecular complexity index is 1150. The normalized spacial score (nSPS) is 18.6. The Morgan fingerprint density at radius 1 is 1.12 bits per heavy atom. The van der Waals surface area contributed by atoms with Gasteiger partial charge in [-0.05, 0) is 68.4 Å². The van der Waals surface area contributed by atoms with Crippen LogP contribution in [0.2, 0.25) is 0 Å². The predicted molar refractivity (Wildman–Crippen MR) is 124 cm³/mol. The van der Waals surface area contributed by atoms with Gasteiger partial charge in [-0.25, -0.2) is 0 Å². The lowest BCUT2D eigenvalue weighted by atomic mass is 9.96. The highest BCUT2D eigenvalue weighted by atomic mass is 32.1. The average molecular weight is 475 g/mol. The Kier molecular flexibility index (Phi) is 6.45. The molecule has 4 rings (SSSR count). The maximum atomic E-state index is 13.8. The van der Waals surface area contributed by atoms with Crippen LogP contribution in [-0.4, -0.2) is 37.8 Å². The summed E-state index contributed by atoms with van der Waals surface area (Å²) in [5.41, 5.74) is 2.46. The third-order valence-corrected chi connectivity index (χ3v) is 6.35. The SMILES string of the molecule is Cc1cc([C@H]2[C@H](c3ccccn3)NC(=S)N2CCCO)c(C)n1-c1ccccc1C(F)(F)F. The minimum absolute atomic E-state index is 0.0120. The molecule has 5 nitrogen and oxygen atoms in total. The molecule has 0 spiro atoms. The first-order chi connectivity index (χ1) is 15.7. The number of aliphatic hydroxyl groups is 1. The smallest absolute Gasteiger partial charge is 0.396 e. The van der Waals surface area contributed by atoms with E-state index < -0.39 is 11.7 Å². The monoisotopic (exact) mass is 474 g/mol. The number of thiocarbonyl (C=S) groups is 1. The van der Waals surface area contributed by atoms with Gasteiger partial charge in [-0.2, -0.15) is 13.2 Å². The van der Waals surface area contributed by atoms with Crippen LogP contribution >= 0.6 is 12.2 Å². The van der Waals surface area contributed by atoms with Crippen molar-refractivity contribution in [2.75, 3.05) is 13.2 Å². The van der Waals surface area contributed by atoms with Crippen molar-refractivity contribution >= 4 is 17.3 Å². The van der Waals surface area contributed by atoms with E-state index in [-0.39, 0.29) is 24.4 Å². The summed E-state index contributed by atoms with van der Waals surface area (Å²) in [6.45, 7) is 4.16. The van der Waals surface area contributed by atoms with E-state index >= 15 is 0 Å². The number of nitrogens with one attached hydrogen (secondary N) is 1. The first kappa shape index (κ1) is 23.3. The number of hydrogen-bond donors (Lipinski definition) is 2. The number of aromatic nitrogens is 2. The van der Waals surface area contributed by atoms with Gasteiger partial charge in [-0.3, -0.25) is 4.98 Å². The van der Waals surface area contributed by atoms with Crippen LogP contribution < -0.4 is 5.32 Å². The van der Waals surface area contributed by atoms with Gasteiger partial charge in [-0.15, -0.1) is 0 Å². The fraction of sp³-hybridized carbons (Fsp3) is 0.333. The van der Waals surface area contributed by atoms with Gasteiger partial charge in [0.25, 0.3) is 0 Å². The number of para-hydroxylation sites is 1. The fourth-order valence-electron chi connectivity index (χ4n) is 4.59. The van der Waals surface area contributed by atoms with Gasteiger partial charge in [0, 0.05) is 30.7 Å². The Morgan fingerprint density at radius 2 is 1.85 bits per heavy atom. The number of aliphatic hydroxyl groups excluding tert-OH is 1. The van der Waals surface area contributed by atoms with Gasteiger partial charge in [0.1, 0.15) is 0 Å². The maximum Gasteiger partial charge on any atom is 0.418 e. The molecule has 0 aliphatic carbocycles. The lowest BCUT2D eigenvalue weighted by Gasteiger charge is -2.28. The van der Waals surface area contributed by atoms with Gasteiger partial charge >= 0.3 is 6.18 Å². The molecule has 2 aromatic heterocycles. The Balaban J connectivity index is 1.86. The van der Waals surface area contributed by atoms with Crippen LogP contribution in [0.3, 0.4) is 0 Å². The van der Waals surface area contributed by atoms with E-state index in [4.69, 9.17) is 12.2 Å². The first-order valence-corrected chi connectivity index (χ1v) is 11.1. The van der Waals surface area contributed by atoms with Crippen LogP contribution in [0.25, 0.3) is 5.69 Å². The summed E-state index contributed by atoms with van der Waals surface area (Å²) >= 11 is 5.60.